The molecular weight excluding hydrogens is 274 g/mol. The van der Waals surface area contributed by atoms with E-state index in [-0.39, 0.29) is 5.69 Å². The van der Waals surface area contributed by atoms with Crippen molar-refractivity contribution in [1.29, 1.82) is 0 Å². The molecule has 0 N–H and O–H groups in total. The van der Waals surface area contributed by atoms with Gasteiger partial charge in [0.25, 0.3) is 5.69 Å². The van der Waals surface area contributed by atoms with Crippen molar-refractivity contribution >= 4 is 21.6 Å². The van der Waals surface area contributed by atoms with E-state index in [4.69, 9.17) is 4.74 Å². The van der Waals surface area contributed by atoms with Crippen molar-refractivity contribution < 1.29 is 9.66 Å². The number of rotatable bonds is 3. The second-order valence-electron chi connectivity index (χ2n) is 2.88. The molecule has 0 fully saturated rings. The number of benzene rings is 1. The number of halogens is 1. The zero-order valence-electron chi connectivity index (χ0n) is 8.70. The third-order valence-corrected chi connectivity index (χ3v) is 2.24. The summed E-state index contributed by atoms with van der Waals surface area (Å²) >= 11 is 3.24. The Morgan fingerprint density at radius 1 is 1.56 bits per heavy atom. The molecule has 0 unspecified atom stereocenters. The molecule has 0 aliphatic carbocycles. The molecule has 0 spiro atoms. The Morgan fingerprint density at radius 2 is 2.31 bits per heavy atom. The van der Waals surface area contributed by atoms with E-state index in [0.717, 1.165) is 5.33 Å². The first-order chi connectivity index (χ1) is 7.69. The van der Waals surface area contributed by atoms with Crippen LogP contribution in [0.2, 0.25) is 0 Å². The zero-order valence-corrected chi connectivity index (χ0v) is 10.3. The van der Waals surface area contributed by atoms with Crippen LogP contribution >= 0.6 is 15.9 Å². The maximum Gasteiger partial charge on any atom is 0.285 e. The normalized spacial score (nSPS) is 9.12. The van der Waals surface area contributed by atoms with Gasteiger partial charge >= 0.3 is 0 Å². The van der Waals surface area contributed by atoms with Crippen LogP contribution in [0.5, 0.6) is 5.75 Å². The van der Waals surface area contributed by atoms with Crippen molar-refractivity contribution in [3.63, 3.8) is 0 Å². The van der Waals surface area contributed by atoms with Gasteiger partial charge in [0.2, 0.25) is 0 Å². The molecule has 1 rings (SSSR count). The van der Waals surface area contributed by atoms with Gasteiger partial charge in [-0.15, -0.1) is 0 Å². The second-order valence-corrected chi connectivity index (χ2v) is 3.67. The van der Waals surface area contributed by atoms with Gasteiger partial charge in [0.1, 0.15) is 11.3 Å². The number of methoxy groups -OCH3 is 1. The van der Waals surface area contributed by atoms with Gasteiger partial charge in [-0.1, -0.05) is 27.8 Å². The number of nitrogens with zero attached hydrogens (tertiary/aromatic N) is 1. The molecule has 0 saturated heterocycles. The third kappa shape index (κ3) is 3.24. The maximum atomic E-state index is 10.7. The van der Waals surface area contributed by atoms with Crippen LogP contribution in [-0.2, 0) is 0 Å². The first-order valence-corrected chi connectivity index (χ1v) is 5.68. The van der Waals surface area contributed by atoms with Gasteiger partial charge in [-0.05, 0) is 6.07 Å². The molecule has 0 aliphatic rings. The summed E-state index contributed by atoms with van der Waals surface area (Å²) in [5.74, 6) is 6.17. The molecular formula is C11H10BrNO3. The largest absolute Gasteiger partial charge is 0.497 e. The smallest absolute Gasteiger partial charge is 0.285 e. The molecule has 16 heavy (non-hydrogen) atoms. The number of alkyl halides is 1. The van der Waals surface area contributed by atoms with Gasteiger partial charge in [0, 0.05) is 23.9 Å². The monoisotopic (exact) mass is 283 g/mol. The third-order valence-electron chi connectivity index (χ3n) is 1.84. The Labute approximate surface area is 102 Å². The van der Waals surface area contributed by atoms with Crippen molar-refractivity contribution in [2.45, 2.75) is 6.42 Å². The first-order valence-electron chi connectivity index (χ1n) is 4.56. The number of nitro groups is 1. The fourth-order valence-corrected chi connectivity index (χ4v) is 1.30. The van der Waals surface area contributed by atoms with Gasteiger partial charge in [-0.3, -0.25) is 10.1 Å². The van der Waals surface area contributed by atoms with Crippen LogP contribution in [0, 0.1) is 22.0 Å². The van der Waals surface area contributed by atoms with Crippen LogP contribution in [-0.4, -0.2) is 17.4 Å². The maximum absolute atomic E-state index is 10.7. The van der Waals surface area contributed by atoms with Crippen LogP contribution in [0.15, 0.2) is 18.2 Å². The minimum Gasteiger partial charge on any atom is -0.497 e. The average molecular weight is 284 g/mol. The molecule has 4 nitrogen and oxygen atoms in total. The molecule has 0 atom stereocenters. The minimum atomic E-state index is -0.447. The lowest BCUT2D eigenvalue weighted by Gasteiger charge is -2.00. The summed E-state index contributed by atoms with van der Waals surface area (Å²) in [6, 6.07) is 4.52. The van der Waals surface area contributed by atoms with Gasteiger partial charge in [-0.25, -0.2) is 0 Å². The van der Waals surface area contributed by atoms with Crippen LogP contribution in [0.3, 0.4) is 0 Å². The minimum absolute atomic E-state index is 0.00266. The highest BCUT2D eigenvalue weighted by Gasteiger charge is 2.12. The SMILES string of the molecule is COc1ccc([N+](=O)[O-])c(C#CCCBr)c1. The highest BCUT2D eigenvalue weighted by atomic mass is 79.9. The van der Waals surface area contributed by atoms with Gasteiger partial charge in [0.15, 0.2) is 0 Å². The Bertz CT molecular complexity index is 448. The molecule has 0 heterocycles. The second kappa shape index (κ2) is 6.13. The predicted molar refractivity (Wildman–Crippen MR) is 64.9 cm³/mol. The molecule has 1 aromatic rings. The number of nitro benzene ring substituents is 1. The van der Waals surface area contributed by atoms with Crippen molar-refractivity contribution in [1.82, 2.24) is 0 Å². The van der Waals surface area contributed by atoms with E-state index in [0.29, 0.717) is 17.7 Å². The van der Waals surface area contributed by atoms with E-state index >= 15 is 0 Å². The summed E-state index contributed by atoms with van der Waals surface area (Å²) in [7, 11) is 1.51. The van der Waals surface area contributed by atoms with Gasteiger partial charge < -0.3 is 4.74 Å². The Balaban J connectivity index is 3.11. The van der Waals surface area contributed by atoms with Crippen molar-refractivity contribution in [2.24, 2.45) is 0 Å². The molecule has 0 aliphatic heterocycles. The molecule has 0 saturated carbocycles. The van der Waals surface area contributed by atoms with Crippen LogP contribution in [0.25, 0.3) is 0 Å². The molecule has 5 heteroatoms. The van der Waals surface area contributed by atoms with E-state index in [1.54, 1.807) is 12.1 Å². The fraction of sp³-hybridized carbons (Fsp3) is 0.273. The highest BCUT2D eigenvalue weighted by molar-refractivity contribution is 9.09. The Kier molecular flexibility index (Phi) is 4.80. The first kappa shape index (κ1) is 12.5. The quantitative estimate of drug-likeness (QED) is 0.371. The molecule has 0 bridgehead atoms. The number of hydrogen-bond donors (Lipinski definition) is 0. The van der Waals surface area contributed by atoms with Crippen LogP contribution in [0.4, 0.5) is 5.69 Å². The molecule has 1 aromatic carbocycles. The zero-order chi connectivity index (χ0) is 12.0. The summed E-state index contributed by atoms with van der Waals surface area (Å²) in [6.07, 6.45) is 0.647. The van der Waals surface area contributed by atoms with E-state index in [1.807, 2.05) is 0 Å². The summed E-state index contributed by atoms with van der Waals surface area (Å²) in [6.45, 7) is 0. The molecule has 0 radical (unpaired) electrons. The van der Waals surface area contributed by atoms with Gasteiger partial charge in [-0.2, -0.15) is 0 Å². The van der Waals surface area contributed by atoms with Crippen molar-refractivity contribution in [3.05, 3.63) is 33.9 Å². The van der Waals surface area contributed by atoms with Crippen LogP contribution < -0.4 is 4.74 Å². The summed E-state index contributed by atoms with van der Waals surface area (Å²) in [5.41, 5.74) is 0.383. The van der Waals surface area contributed by atoms with Crippen molar-refractivity contribution in [2.75, 3.05) is 12.4 Å². The number of ether oxygens (including phenoxy) is 1. The molecule has 84 valence electrons. The lowest BCUT2D eigenvalue weighted by molar-refractivity contribution is -0.385. The van der Waals surface area contributed by atoms with E-state index < -0.39 is 4.92 Å². The highest BCUT2D eigenvalue weighted by Crippen LogP contribution is 2.22. The summed E-state index contributed by atoms with van der Waals surface area (Å²) < 4.78 is 5.00. The number of hydrogen-bond acceptors (Lipinski definition) is 3. The Morgan fingerprint density at radius 3 is 2.88 bits per heavy atom. The fourth-order valence-electron chi connectivity index (χ4n) is 1.11. The van der Waals surface area contributed by atoms with Gasteiger partial charge in [0.05, 0.1) is 12.0 Å². The summed E-state index contributed by atoms with van der Waals surface area (Å²) in [4.78, 5) is 10.3. The molecule has 0 aromatic heterocycles. The van der Waals surface area contributed by atoms with E-state index in [2.05, 4.69) is 27.8 Å². The standard InChI is InChI=1S/C11H10BrNO3/c1-16-10-5-6-11(13(14)15)9(8-10)4-2-3-7-12/h5-6,8H,3,7H2,1H3. The lowest BCUT2D eigenvalue weighted by Crippen LogP contribution is -1.93. The van der Waals surface area contributed by atoms with E-state index in [9.17, 15) is 10.1 Å². The van der Waals surface area contributed by atoms with Crippen molar-refractivity contribution in [3.8, 4) is 17.6 Å². The summed E-state index contributed by atoms with van der Waals surface area (Å²) in [5, 5.41) is 11.5. The average Bonchev–Trinajstić information content (AvgIpc) is 2.29. The lowest BCUT2D eigenvalue weighted by atomic mass is 10.1. The van der Waals surface area contributed by atoms with E-state index in [1.165, 1.54) is 13.2 Å². The van der Waals surface area contributed by atoms with Crippen LogP contribution in [0.1, 0.15) is 12.0 Å². The topological polar surface area (TPSA) is 52.4 Å². The molecule has 0 amide bonds. The predicted octanol–water partition coefficient (Wildman–Crippen LogP) is 2.74. The Hall–Kier alpha value is -1.54.